The van der Waals surface area contributed by atoms with Crippen LogP contribution in [0, 0.1) is 18.3 Å². The molecule has 90 valence electrons. The first-order valence-electron chi connectivity index (χ1n) is 5.38. The first-order valence-corrected chi connectivity index (χ1v) is 5.38. The van der Waals surface area contributed by atoms with Crippen molar-refractivity contribution < 1.29 is 5.11 Å². The Kier molecular flexibility index (Phi) is 3.11. The summed E-state index contributed by atoms with van der Waals surface area (Å²) in [5.41, 5.74) is 1.80. The van der Waals surface area contributed by atoms with Gasteiger partial charge in [-0.25, -0.2) is 9.97 Å². The predicted octanol–water partition coefficient (Wildman–Crippen LogP) is 2.13. The molecule has 0 saturated heterocycles. The van der Waals surface area contributed by atoms with E-state index in [4.69, 9.17) is 5.26 Å². The highest BCUT2D eigenvalue weighted by Crippen LogP contribution is 2.23. The minimum absolute atomic E-state index is 0.174. The summed E-state index contributed by atoms with van der Waals surface area (Å²) in [7, 11) is 1.78. The molecule has 0 bridgehead atoms. The van der Waals surface area contributed by atoms with Crippen LogP contribution in [0.5, 0.6) is 5.75 Å². The van der Waals surface area contributed by atoms with E-state index < -0.39 is 0 Å². The van der Waals surface area contributed by atoms with Gasteiger partial charge in [-0.2, -0.15) is 5.26 Å². The molecule has 0 fully saturated rings. The molecule has 0 aliphatic rings. The van der Waals surface area contributed by atoms with E-state index in [-0.39, 0.29) is 5.75 Å². The second-order valence-corrected chi connectivity index (χ2v) is 3.89. The summed E-state index contributed by atoms with van der Waals surface area (Å²) in [5, 5.41) is 18.3. The van der Waals surface area contributed by atoms with Crippen LogP contribution in [-0.4, -0.2) is 22.1 Å². The van der Waals surface area contributed by atoms with Gasteiger partial charge in [-0.1, -0.05) is 6.07 Å². The zero-order valence-electron chi connectivity index (χ0n) is 10.1. The molecule has 2 aromatic rings. The summed E-state index contributed by atoms with van der Waals surface area (Å²) in [6.45, 7) is 1.81. The molecule has 0 unspecified atom stereocenters. The number of hydrogen-bond acceptors (Lipinski definition) is 5. The van der Waals surface area contributed by atoms with Gasteiger partial charge in [0.25, 0.3) is 0 Å². The minimum Gasteiger partial charge on any atom is -0.508 e. The van der Waals surface area contributed by atoms with Crippen molar-refractivity contribution in [3.63, 3.8) is 0 Å². The summed E-state index contributed by atoms with van der Waals surface area (Å²) in [6.07, 6.45) is 0. The van der Waals surface area contributed by atoms with Crippen LogP contribution in [0.25, 0.3) is 0 Å². The van der Waals surface area contributed by atoms with Crippen molar-refractivity contribution in [2.75, 3.05) is 11.9 Å². The SMILES string of the molecule is Cc1cc(C#N)nc(N(C)c2cccc(O)c2)n1. The summed E-state index contributed by atoms with van der Waals surface area (Å²) in [4.78, 5) is 10.1. The lowest BCUT2D eigenvalue weighted by Gasteiger charge is -2.17. The van der Waals surface area contributed by atoms with Gasteiger partial charge in [0.2, 0.25) is 5.95 Å². The van der Waals surface area contributed by atoms with Gasteiger partial charge in [0, 0.05) is 24.5 Å². The maximum atomic E-state index is 9.44. The summed E-state index contributed by atoms with van der Waals surface area (Å²) < 4.78 is 0. The molecule has 0 aliphatic carbocycles. The van der Waals surface area contributed by atoms with Crippen molar-refractivity contribution >= 4 is 11.6 Å². The lowest BCUT2D eigenvalue weighted by atomic mass is 10.3. The molecule has 5 nitrogen and oxygen atoms in total. The van der Waals surface area contributed by atoms with Crippen LogP contribution in [-0.2, 0) is 0 Å². The monoisotopic (exact) mass is 240 g/mol. The Morgan fingerprint density at radius 3 is 2.72 bits per heavy atom. The largest absolute Gasteiger partial charge is 0.508 e. The molecule has 1 aromatic heterocycles. The molecule has 1 N–H and O–H groups in total. The Labute approximate surface area is 105 Å². The fourth-order valence-corrected chi connectivity index (χ4v) is 1.58. The molecule has 5 heteroatoms. The molecule has 1 aromatic carbocycles. The van der Waals surface area contributed by atoms with Gasteiger partial charge in [-0.05, 0) is 25.1 Å². The number of phenolic OH excluding ortho intramolecular Hbond substituents is 1. The Balaban J connectivity index is 2.43. The van der Waals surface area contributed by atoms with E-state index in [0.29, 0.717) is 11.6 Å². The number of aromatic hydroxyl groups is 1. The smallest absolute Gasteiger partial charge is 0.231 e. The molecule has 0 radical (unpaired) electrons. The van der Waals surface area contributed by atoms with Crippen LogP contribution in [0.2, 0.25) is 0 Å². The van der Waals surface area contributed by atoms with E-state index >= 15 is 0 Å². The van der Waals surface area contributed by atoms with Gasteiger partial charge >= 0.3 is 0 Å². The molecule has 0 aliphatic heterocycles. The summed E-state index contributed by atoms with van der Waals surface area (Å²) >= 11 is 0. The highest BCUT2D eigenvalue weighted by Gasteiger charge is 2.09. The van der Waals surface area contributed by atoms with Gasteiger partial charge in [0.05, 0.1) is 0 Å². The highest BCUT2D eigenvalue weighted by molar-refractivity contribution is 5.58. The third kappa shape index (κ3) is 2.38. The third-order valence-corrected chi connectivity index (χ3v) is 2.47. The van der Waals surface area contributed by atoms with Gasteiger partial charge in [-0.15, -0.1) is 0 Å². The fourth-order valence-electron chi connectivity index (χ4n) is 1.58. The Hall–Kier alpha value is -2.61. The average molecular weight is 240 g/mol. The maximum Gasteiger partial charge on any atom is 0.231 e. The van der Waals surface area contributed by atoms with E-state index in [0.717, 1.165) is 11.4 Å². The highest BCUT2D eigenvalue weighted by atomic mass is 16.3. The second-order valence-electron chi connectivity index (χ2n) is 3.89. The lowest BCUT2D eigenvalue weighted by Crippen LogP contribution is -2.14. The molecule has 0 amide bonds. The topological polar surface area (TPSA) is 73.0 Å². The maximum absolute atomic E-state index is 9.44. The number of phenols is 1. The fraction of sp³-hybridized carbons (Fsp3) is 0.154. The zero-order valence-corrected chi connectivity index (χ0v) is 10.1. The number of anilines is 2. The first-order chi connectivity index (χ1) is 8.60. The molecule has 0 atom stereocenters. The Morgan fingerprint density at radius 2 is 2.06 bits per heavy atom. The summed E-state index contributed by atoms with van der Waals surface area (Å²) in [5.74, 6) is 0.602. The number of benzene rings is 1. The van der Waals surface area contributed by atoms with E-state index in [1.54, 1.807) is 36.2 Å². The lowest BCUT2D eigenvalue weighted by molar-refractivity contribution is 0.475. The molecule has 0 spiro atoms. The Morgan fingerprint density at radius 1 is 1.28 bits per heavy atom. The zero-order chi connectivity index (χ0) is 13.1. The molecule has 18 heavy (non-hydrogen) atoms. The molecule has 1 heterocycles. The van der Waals surface area contributed by atoms with E-state index in [9.17, 15) is 5.11 Å². The number of rotatable bonds is 2. The minimum atomic E-state index is 0.174. The summed E-state index contributed by atoms with van der Waals surface area (Å²) in [6, 6.07) is 10.4. The molecular formula is C13H12N4O. The third-order valence-electron chi connectivity index (χ3n) is 2.47. The van der Waals surface area contributed by atoms with Gasteiger partial charge < -0.3 is 10.0 Å². The average Bonchev–Trinajstić information content (AvgIpc) is 2.37. The van der Waals surface area contributed by atoms with Crippen molar-refractivity contribution in [2.24, 2.45) is 0 Å². The van der Waals surface area contributed by atoms with Crippen LogP contribution < -0.4 is 4.90 Å². The quantitative estimate of drug-likeness (QED) is 0.870. The van der Waals surface area contributed by atoms with Gasteiger partial charge in [-0.3, -0.25) is 0 Å². The Bertz CT molecular complexity index is 619. The molecular weight excluding hydrogens is 228 g/mol. The standard InChI is InChI=1S/C13H12N4O/c1-9-6-10(8-14)16-13(15-9)17(2)11-4-3-5-12(18)7-11/h3-7,18H,1-2H3. The first kappa shape index (κ1) is 11.9. The van der Waals surface area contributed by atoms with E-state index in [2.05, 4.69) is 9.97 Å². The number of hydrogen-bond donors (Lipinski definition) is 1. The van der Waals surface area contributed by atoms with Crippen LogP contribution in [0.3, 0.4) is 0 Å². The normalized spacial score (nSPS) is 9.83. The predicted molar refractivity (Wildman–Crippen MR) is 67.7 cm³/mol. The van der Waals surface area contributed by atoms with Crippen LogP contribution in [0.1, 0.15) is 11.4 Å². The van der Waals surface area contributed by atoms with Crippen molar-refractivity contribution in [3.05, 3.63) is 41.7 Å². The molecule has 2 rings (SSSR count). The van der Waals surface area contributed by atoms with Crippen LogP contribution >= 0.6 is 0 Å². The number of nitrogens with zero attached hydrogens (tertiary/aromatic N) is 4. The van der Waals surface area contributed by atoms with Crippen molar-refractivity contribution in [1.82, 2.24) is 9.97 Å². The molecule has 0 saturated carbocycles. The van der Waals surface area contributed by atoms with Gasteiger partial charge in [0.1, 0.15) is 17.5 Å². The second kappa shape index (κ2) is 4.72. The van der Waals surface area contributed by atoms with Crippen molar-refractivity contribution in [2.45, 2.75) is 6.92 Å². The van der Waals surface area contributed by atoms with Crippen molar-refractivity contribution in [1.29, 1.82) is 5.26 Å². The van der Waals surface area contributed by atoms with Crippen molar-refractivity contribution in [3.8, 4) is 11.8 Å². The van der Waals surface area contributed by atoms with Crippen LogP contribution in [0.15, 0.2) is 30.3 Å². The van der Waals surface area contributed by atoms with E-state index in [1.165, 1.54) is 0 Å². The number of nitriles is 1. The number of aryl methyl sites for hydroxylation is 1. The van der Waals surface area contributed by atoms with Gasteiger partial charge in [0.15, 0.2) is 0 Å². The number of aromatic nitrogens is 2. The van der Waals surface area contributed by atoms with Crippen LogP contribution in [0.4, 0.5) is 11.6 Å². The van der Waals surface area contributed by atoms with E-state index in [1.807, 2.05) is 19.1 Å².